The number of amides is 1. The zero-order valence-electron chi connectivity index (χ0n) is 8.94. The fourth-order valence-electron chi connectivity index (χ4n) is 1.79. The summed E-state index contributed by atoms with van der Waals surface area (Å²) in [7, 11) is 1.39. The van der Waals surface area contributed by atoms with Gasteiger partial charge in [-0.25, -0.2) is 12.8 Å². The minimum Gasteiger partial charge on any atom is -0.309 e. The van der Waals surface area contributed by atoms with E-state index in [0.717, 1.165) is 17.0 Å². The number of hydrogen-bond acceptors (Lipinski definition) is 3. The first-order valence-corrected chi connectivity index (χ1v) is 7.73. The van der Waals surface area contributed by atoms with Crippen molar-refractivity contribution in [1.82, 2.24) is 0 Å². The van der Waals surface area contributed by atoms with Gasteiger partial charge >= 0.3 is 0 Å². The van der Waals surface area contributed by atoms with Gasteiger partial charge in [0, 0.05) is 23.6 Å². The fraction of sp³-hybridized carbons (Fsp3) is 0.300. The molecule has 1 aromatic carbocycles. The molecule has 1 fully saturated rings. The molecule has 1 aliphatic heterocycles. The Bertz CT molecular complexity index is 605. The van der Waals surface area contributed by atoms with Crippen LogP contribution in [-0.2, 0) is 13.8 Å². The van der Waals surface area contributed by atoms with Crippen LogP contribution in [0.4, 0.5) is 10.1 Å². The second-order valence-electron chi connectivity index (χ2n) is 3.90. The lowest BCUT2D eigenvalue weighted by Gasteiger charge is -2.17. The van der Waals surface area contributed by atoms with E-state index in [9.17, 15) is 17.6 Å². The lowest BCUT2D eigenvalue weighted by Crippen LogP contribution is -2.27. The highest BCUT2D eigenvalue weighted by Gasteiger charge is 2.38. The number of halogens is 3. The van der Waals surface area contributed by atoms with Crippen LogP contribution in [0.3, 0.4) is 0 Å². The van der Waals surface area contributed by atoms with Crippen LogP contribution >= 0.6 is 22.3 Å². The zero-order valence-corrected chi connectivity index (χ0v) is 11.3. The Morgan fingerprint density at radius 2 is 2.06 bits per heavy atom. The predicted molar refractivity (Wildman–Crippen MR) is 66.9 cm³/mol. The van der Waals surface area contributed by atoms with E-state index in [1.54, 1.807) is 0 Å². The summed E-state index contributed by atoms with van der Waals surface area (Å²) in [5.41, 5.74) is 0.157. The maximum Gasteiger partial charge on any atom is 0.237 e. The molecule has 1 amide bonds. The summed E-state index contributed by atoms with van der Waals surface area (Å²) < 4.78 is 35.5. The zero-order chi connectivity index (χ0) is 13.5. The minimum atomic E-state index is -3.83. The number of benzene rings is 1. The molecule has 0 spiro atoms. The van der Waals surface area contributed by atoms with E-state index in [-0.39, 0.29) is 23.7 Å². The molecule has 0 aliphatic carbocycles. The quantitative estimate of drug-likeness (QED) is 0.786. The van der Waals surface area contributed by atoms with Crippen LogP contribution < -0.4 is 4.90 Å². The number of carbonyl (C=O) groups is 1. The summed E-state index contributed by atoms with van der Waals surface area (Å²) in [6, 6.07) is 3.55. The van der Waals surface area contributed by atoms with E-state index in [1.165, 1.54) is 6.07 Å². The van der Waals surface area contributed by atoms with Crippen molar-refractivity contribution >= 4 is 42.9 Å². The van der Waals surface area contributed by atoms with E-state index >= 15 is 0 Å². The van der Waals surface area contributed by atoms with Gasteiger partial charge in [0.15, 0.2) is 0 Å². The number of rotatable bonds is 2. The highest BCUT2D eigenvalue weighted by Crippen LogP contribution is 2.32. The number of hydrogen-bond donors (Lipinski definition) is 0. The molecular weight excluding hydrogens is 304 g/mol. The van der Waals surface area contributed by atoms with Crippen molar-refractivity contribution in [2.75, 3.05) is 11.4 Å². The first kappa shape index (κ1) is 13.6. The third-order valence-electron chi connectivity index (χ3n) is 2.69. The molecule has 4 nitrogen and oxygen atoms in total. The van der Waals surface area contributed by atoms with Crippen LogP contribution in [0.15, 0.2) is 18.2 Å². The van der Waals surface area contributed by atoms with Gasteiger partial charge in [-0.1, -0.05) is 11.6 Å². The van der Waals surface area contributed by atoms with E-state index in [0.29, 0.717) is 0 Å². The summed E-state index contributed by atoms with van der Waals surface area (Å²) in [4.78, 5) is 12.9. The van der Waals surface area contributed by atoms with E-state index < -0.39 is 26.0 Å². The highest BCUT2D eigenvalue weighted by molar-refractivity contribution is 8.14. The lowest BCUT2D eigenvalue weighted by atomic mass is 10.3. The smallest absolute Gasteiger partial charge is 0.237 e. The van der Waals surface area contributed by atoms with Crippen LogP contribution in [0.2, 0.25) is 5.02 Å². The second-order valence-corrected chi connectivity index (χ2v) is 7.22. The molecule has 0 bridgehead atoms. The molecule has 1 saturated heterocycles. The third-order valence-corrected chi connectivity index (χ3v) is 4.87. The summed E-state index contributed by atoms with van der Waals surface area (Å²) in [5, 5.41) is -0.816. The van der Waals surface area contributed by atoms with Gasteiger partial charge in [-0.05, 0) is 18.2 Å². The van der Waals surface area contributed by atoms with Crippen molar-refractivity contribution < 1.29 is 17.6 Å². The summed E-state index contributed by atoms with van der Waals surface area (Å²) >= 11 is 5.86. The van der Waals surface area contributed by atoms with Gasteiger partial charge in [-0.15, -0.1) is 0 Å². The SMILES string of the molecule is O=C1CC(S(=O)(=O)Cl)CN1c1cc(F)ccc1Cl. The van der Waals surface area contributed by atoms with Crippen molar-refractivity contribution in [3.63, 3.8) is 0 Å². The Balaban J connectivity index is 2.35. The molecule has 0 aromatic heterocycles. The van der Waals surface area contributed by atoms with Gasteiger partial charge in [0.2, 0.25) is 15.0 Å². The number of anilines is 1. The van der Waals surface area contributed by atoms with Crippen molar-refractivity contribution in [3.05, 3.63) is 29.0 Å². The number of carbonyl (C=O) groups excluding carboxylic acids is 1. The molecule has 98 valence electrons. The Morgan fingerprint density at radius 3 is 2.61 bits per heavy atom. The van der Waals surface area contributed by atoms with E-state index in [2.05, 4.69) is 0 Å². The fourth-order valence-corrected chi connectivity index (χ4v) is 3.04. The van der Waals surface area contributed by atoms with Crippen LogP contribution in [0.1, 0.15) is 6.42 Å². The van der Waals surface area contributed by atoms with Crippen molar-refractivity contribution in [2.24, 2.45) is 0 Å². The highest BCUT2D eigenvalue weighted by atomic mass is 35.7. The van der Waals surface area contributed by atoms with Crippen LogP contribution in [-0.4, -0.2) is 26.1 Å². The largest absolute Gasteiger partial charge is 0.309 e. The molecule has 18 heavy (non-hydrogen) atoms. The first-order chi connectivity index (χ1) is 8.29. The minimum absolute atomic E-state index is 0.117. The van der Waals surface area contributed by atoms with Crippen LogP contribution in [0.5, 0.6) is 0 Å². The molecule has 1 heterocycles. The molecule has 0 radical (unpaired) electrons. The van der Waals surface area contributed by atoms with Crippen molar-refractivity contribution in [3.8, 4) is 0 Å². The van der Waals surface area contributed by atoms with E-state index in [4.69, 9.17) is 22.3 Å². The summed E-state index contributed by atoms with van der Waals surface area (Å²) in [6.07, 6.45) is -0.224. The third kappa shape index (κ3) is 2.60. The van der Waals surface area contributed by atoms with Crippen molar-refractivity contribution in [1.29, 1.82) is 0 Å². The maximum absolute atomic E-state index is 13.1. The Hall–Kier alpha value is -0.850. The van der Waals surface area contributed by atoms with Crippen LogP contribution in [0.25, 0.3) is 0 Å². The van der Waals surface area contributed by atoms with Gasteiger partial charge < -0.3 is 4.90 Å². The van der Waals surface area contributed by atoms with Crippen LogP contribution in [0, 0.1) is 5.82 Å². The monoisotopic (exact) mass is 311 g/mol. The van der Waals surface area contributed by atoms with E-state index in [1.807, 2.05) is 0 Å². The average Bonchev–Trinajstić information content (AvgIpc) is 2.64. The standard InChI is InChI=1S/C10H8Cl2FNO3S/c11-8-2-1-6(13)3-9(8)14-5-7(4-10(14)15)18(12,16)17/h1-3,7H,4-5H2. The normalized spacial score (nSPS) is 20.5. The Labute approximate surface area is 113 Å². The molecule has 0 saturated carbocycles. The average molecular weight is 312 g/mol. The molecule has 0 N–H and O–H groups in total. The second kappa shape index (κ2) is 4.68. The van der Waals surface area contributed by atoms with Gasteiger partial charge in [0.05, 0.1) is 10.7 Å². The molecule has 1 unspecified atom stereocenters. The topological polar surface area (TPSA) is 54.5 Å². The molecule has 2 rings (SSSR count). The first-order valence-electron chi connectivity index (χ1n) is 4.98. The van der Waals surface area contributed by atoms with Gasteiger partial charge in [0.25, 0.3) is 0 Å². The molecule has 1 atom stereocenters. The molecule has 1 aromatic rings. The predicted octanol–water partition coefficient (Wildman–Crippen LogP) is 2.15. The lowest BCUT2D eigenvalue weighted by molar-refractivity contribution is -0.117. The molecular formula is C10H8Cl2FNO3S. The summed E-state index contributed by atoms with van der Waals surface area (Å²) in [6.45, 7) is -0.117. The van der Waals surface area contributed by atoms with Gasteiger partial charge in [-0.3, -0.25) is 4.79 Å². The Kier molecular flexibility index (Phi) is 3.53. The summed E-state index contributed by atoms with van der Waals surface area (Å²) in [5.74, 6) is -1.00. The molecule has 1 aliphatic rings. The van der Waals surface area contributed by atoms with Crippen molar-refractivity contribution in [2.45, 2.75) is 11.7 Å². The maximum atomic E-state index is 13.1. The Morgan fingerprint density at radius 1 is 1.39 bits per heavy atom. The number of nitrogens with zero attached hydrogens (tertiary/aromatic N) is 1. The molecule has 8 heteroatoms. The van der Waals surface area contributed by atoms with Gasteiger partial charge in [-0.2, -0.15) is 0 Å². The van der Waals surface area contributed by atoms with Gasteiger partial charge in [0.1, 0.15) is 11.1 Å².